The molecule has 1 saturated heterocycles. The lowest BCUT2D eigenvalue weighted by molar-refractivity contribution is -0.147. The summed E-state index contributed by atoms with van der Waals surface area (Å²) in [6, 6.07) is 8.53. The molecule has 37 heavy (non-hydrogen) atoms. The fraction of sp³-hybridized carbons (Fsp3) is 0.273. The smallest absolute Gasteiger partial charge is 0.349 e. The molecule has 2 aromatic carbocycles. The van der Waals surface area contributed by atoms with Crippen LogP contribution in [0.3, 0.4) is 0 Å². The van der Waals surface area contributed by atoms with E-state index in [1.54, 1.807) is 0 Å². The van der Waals surface area contributed by atoms with E-state index in [4.69, 9.17) is 50.8 Å². The molecule has 10 radical (unpaired) electrons. The second-order valence-electron chi connectivity index (χ2n) is 8.86. The van der Waals surface area contributed by atoms with Crippen LogP contribution in [0.2, 0.25) is 16.1 Å². The summed E-state index contributed by atoms with van der Waals surface area (Å²) in [6.45, 7) is -0.272. The zero-order chi connectivity index (χ0) is 27.5. The van der Waals surface area contributed by atoms with Gasteiger partial charge in [0.15, 0.2) is 0 Å². The van der Waals surface area contributed by atoms with Crippen LogP contribution in [0.4, 0.5) is 8.78 Å². The van der Waals surface area contributed by atoms with E-state index < -0.39 is 57.5 Å². The predicted octanol–water partition coefficient (Wildman–Crippen LogP) is 0.302. The lowest BCUT2D eigenvalue weighted by Gasteiger charge is -2.52. The van der Waals surface area contributed by atoms with Crippen LogP contribution >= 0.6 is 11.6 Å². The predicted molar refractivity (Wildman–Crippen MR) is 134 cm³/mol. The van der Waals surface area contributed by atoms with E-state index in [1.807, 2.05) is 10.6 Å². The van der Waals surface area contributed by atoms with Gasteiger partial charge < -0.3 is 10.2 Å². The van der Waals surface area contributed by atoms with Gasteiger partial charge in [0, 0.05) is 28.6 Å². The summed E-state index contributed by atoms with van der Waals surface area (Å²) in [7, 11) is 29.7. The van der Waals surface area contributed by atoms with E-state index in [0.29, 0.717) is 5.56 Å². The number of halogens is 3. The molecule has 15 heteroatoms. The van der Waals surface area contributed by atoms with E-state index in [-0.39, 0.29) is 22.7 Å². The number of nitrogens with zero attached hydrogens (tertiary/aromatic N) is 1. The third-order valence-corrected chi connectivity index (χ3v) is 6.74. The number of alkyl halides is 2. The Hall–Kier alpha value is -3.01. The fourth-order valence-corrected chi connectivity index (χ4v) is 4.31. The van der Waals surface area contributed by atoms with Crippen LogP contribution in [0.1, 0.15) is 33.0 Å². The molecule has 1 fully saturated rings. The maximum atomic E-state index is 14.6. The highest BCUT2D eigenvalue weighted by Gasteiger charge is 2.57. The summed E-state index contributed by atoms with van der Waals surface area (Å²) in [6.07, 6.45) is 0. The summed E-state index contributed by atoms with van der Waals surface area (Å²) in [5, 5.41) is 1.93. The molecule has 4 amide bonds. The number of carbonyl (C=O) groups excluding carboxylic acids is 4. The number of hydrogen-bond donors (Lipinski definition) is 2. The zero-order valence-electron chi connectivity index (χ0n) is 19.0. The van der Waals surface area contributed by atoms with Crippen molar-refractivity contribution in [3.8, 4) is 0 Å². The quantitative estimate of drug-likeness (QED) is 0.447. The van der Waals surface area contributed by atoms with Gasteiger partial charge in [-0.3, -0.25) is 24.5 Å². The highest BCUT2D eigenvalue weighted by Crippen LogP contribution is 2.47. The highest BCUT2D eigenvalue weighted by molar-refractivity contribution is 6.58. The first-order chi connectivity index (χ1) is 17.1. The molecule has 176 valence electrons. The molecule has 0 aliphatic carbocycles. The van der Waals surface area contributed by atoms with Crippen molar-refractivity contribution >= 4 is 74.5 Å². The van der Waals surface area contributed by atoms with E-state index >= 15 is 0 Å². The van der Waals surface area contributed by atoms with Crippen molar-refractivity contribution in [3.05, 3.63) is 69.7 Å². The minimum absolute atomic E-state index is 0.107. The largest absolute Gasteiger partial charge is 0.352 e. The summed E-state index contributed by atoms with van der Waals surface area (Å²) in [5.41, 5.74) is -2.28. The molecule has 2 aliphatic heterocycles. The molecule has 2 aliphatic rings. The normalized spacial score (nSPS) is 23.8. The van der Waals surface area contributed by atoms with Crippen molar-refractivity contribution in [2.24, 2.45) is 0 Å². The Morgan fingerprint density at radius 3 is 2.35 bits per heavy atom. The van der Waals surface area contributed by atoms with Crippen LogP contribution in [-0.2, 0) is 26.9 Å². The van der Waals surface area contributed by atoms with Crippen molar-refractivity contribution in [2.75, 3.05) is 0 Å². The molecule has 2 unspecified atom stereocenters. The second kappa shape index (κ2) is 9.08. The molecular formula is C22H13B5ClF2N3O4. The van der Waals surface area contributed by atoms with Gasteiger partial charge in [-0.2, -0.15) is 8.78 Å². The third-order valence-electron chi connectivity index (χ3n) is 6.49. The lowest BCUT2D eigenvalue weighted by Crippen LogP contribution is -2.70. The summed E-state index contributed by atoms with van der Waals surface area (Å²) in [5.74, 6) is -11.5. The average molecular weight is 511 g/mol. The first-order valence-electron chi connectivity index (χ1n) is 10.7. The molecule has 2 heterocycles. The number of rotatable bonds is 5. The first-order valence-corrected chi connectivity index (χ1v) is 11.1. The molecule has 4 rings (SSSR count). The Morgan fingerprint density at radius 1 is 1.11 bits per heavy atom. The van der Waals surface area contributed by atoms with Crippen molar-refractivity contribution in [2.45, 2.75) is 34.9 Å². The van der Waals surface area contributed by atoms with Crippen LogP contribution in [0, 0.1) is 0 Å². The number of imide groups is 1. The van der Waals surface area contributed by atoms with Gasteiger partial charge in [0.25, 0.3) is 11.8 Å². The molecule has 2 aromatic rings. The first kappa shape index (κ1) is 27.0. The Morgan fingerprint density at radius 2 is 1.73 bits per heavy atom. The van der Waals surface area contributed by atoms with Crippen LogP contribution in [0.15, 0.2) is 42.5 Å². The molecule has 7 nitrogen and oxygen atoms in total. The Balaban J connectivity index is 1.56. The summed E-state index contributed by atoms with van der Waals surface area (Å²) < 4.78 is 29.2. The summed E-state index contributed by atoms with van der Waals surface area (Å²) >= 11 is 5.71. The maximum Gasteiger partial charge on any atom is 0.349 e. The van der Waals surface area contributed by atoms with E-state index in [2.05, 4.69) is 0 Å². The van der Waals surface area contributed by atoms with E-state index in [9.17, 15) is 28.0 Å². The van der Waals surface area contributed by atoms with E-state index in [1.165, 1.54) is 30.3 Å². The van der Waals surface area contributed by atoms with Crippen LogP contribution in [0.5, 0.6) is 0 Å². The molecule has 0 spiro atoms. The van der Waals surface area contributed by atoms with Gasteiger partial charge in [0.1, 0.15) is 15.7 Å². The number of carbonyl (C=O) groups is 4. The van der Waals surface area contributed by atoms with Gasteiger partial charge in [-0.05, 0) is 34.5 Å². The Kier molecular flexibility index (Phi) is 6.63. The summed E-state index contributed by atoms with van der Waals surface area (Å²) in [4.78, 5) is 51.0. The number of benzene rings is 2. The Labute approximate surface area is 222 Å². The van der Waals surface area contributed by atoms with Crippen LogP contribution in [-0.4, -0.2) is 73.2 Å². The number of piperidine rings is 1. The van der Waals surface area contributed by atoms with Gasteiger partial charge >= 0.3 is 5.92 Å². The van der Waals surface area contributed by atoms with Crippen molar-refractivity contribution in [1.82, 2.24) is 15.5 Å². The minimum Gasteiger partial charge on any atom is -0.352 e. The molecule has 0 bridgehead atoms. The SMILES string of the molecule is [B]C(NC(=O)C(F)(F)c1ccc(Cl)cc1)c1ccc2c(c1)CN([C@@]1([B])C(=O)NC(=O)C([B])([B])C1[B])C2=O. The monoisotopic (exact) mass is 511 g/mol. The van der Waals surface area contributed by atoms with Gasteiger partial charge in [0.2, 0.25) is 11.8 Å². The Bertz CT molecular complexity index is 1330. The molecular weight excluding hydrogens is 498 g/mol. The van der Waals surface area contributed by atoms with Gasteiger partial charge in [-0.25, -0.2) is 0 Å². The molecule has 0 aromatic heterocycles. The zero-order valence-corrected chi connectivity index (χ0v) is 19.8. The molecule has 0 saturated carbocycles. The standard InChI is InChI=1S/C22H13B5ClF2N3O4/c23-14(31-19(37)22(29,30)11-2-4-12(28)5-3-11)9-1-6-13-10(7-9)8-33(15(13)34)21(27)16(24)20(25,26)17(35)32-18(21)36/h1-7,14,16H,8H2,(H,31,37)(H,32,35,36)/t14?,16?,21-/m1/s1. The number of amides is 4. The maximum absolute atomic E-state index is 14.6. The fourth-order valence-electron chi connectivity index (χ4n) is 4.19. The highest BCUT2D eigenvalue weighted by atomic mass is 35.5. The van der Waals surface area contributed by atoms with Crippen LogP contribution in [0.25, 0.3) is 0 Å². The lowest BCUT2D eigenvalue weighted by atomic mass is 9.35. The topological polar surface area (TPSA) is 95.6 Å². The van der Waals surface area contributed by atoms with Crippen LogP contribution < -0.4 is 10.6 Å². The third kappa shape index (κ3) is 4.29. The average Bonchev–Trinajstić information content (AvgIpc) is 3.18. The molecule has 2 N–H and O–H groups in total. The van der Waals surface area contributed by atoms with Gasteiger partial charge in [-0.1, -0.05) is 41.7 Å². The van der Waals surface area contributed by atoms with E-state index in [0.717, 1.165) is 17.0 Å². The number of fused-ring (bicyclic) bond motifs is 1. The number of hydrogen-bond acceptors (Lipinski definition) is 4. The van der Waals surface area contributed by atoms with Crippen molar-refractivity contribution in [1.29, 1.82) is 0 Å². The van der Waals surface area contributed by atoms with Crippen molar-refractivity contribution in [3.63, 3.8) is 0 Å². The number of nitrogens with one attached hydrogen (secondary N) is 2. The minimum atomic E-state index is -3.91. The molecule has 3 atom stereocenters. The van der Waals surface area contributed by atoms with Gasteiger partial charge in [-0.15, -0.1) is 0 Å². The van der Waals surface area contributed by atoms with Gasteiger partial charge in [0.05, 0.1) is 29.0 Å². The van der Waals surface area contributed by atoms with Crippen molar-refractivity contribution < 1.29 is 28.0 Å². The second-order valence-corrected chi connectivity index (χ2v) is 9.30.